The van der Waals surface area contributed by atoms with Gasteiger partial charge in [-0.1, -0.05) is 30.3 Å². The molecule has 0 bridgehead atoms. The van der Waals surface area contributed by atoms with Gasteiger partial charge in [-0.15, -0.1) is 10.2 Å². The van der Waals surface area contributed by atoms with Crippen LogP contribution < -0.4 is 10.6 Å². The Hall–Kier alpha value is -2.97. The first-order chi connectivity index (χ1) is 15.3. The van der Waals surface area contributed by atoms with Gasteiger partial charge in [0.15, 0.2) is 17.4 Å². The van der Waals surface area contributed by atoms with Crippen LogP contribution in [0.5, 0.6) is 0 Å². The molecule has 1 aliphatic heterocycles. The number of aliphatic imine (C=N–C) groups is 1. The fourth-order valence-corrected chi connectivity index (χ4v) is 3.48. The second-order valence-corrected chi connectivity index (χ2v) is 7.53. The summed E-state index contributed by atoms with van der Waals surface area (Å²) in [4.78, 5) is 4.70. The monoisotopic (exact) mass is 422 g/mol. The Labute approximate surface area is 182 Å². The van der Waals surface area contributed by atoms with Crippen LogP contribution in [0.2, 0.25) is 0 Å². The zero-order chi connectivity index (χ0) is 21.3. The molecule has 164 valence electrons. The number of rotatable bonds is 8. The van der Waals surface area contributed by atoms with Gasteiger partial charge in [-0.2, -0.15) is 0 Å². The van der Waals surface area contributed by atoms with Gasteiger partial charge in [-0.3, -0.25) is 4.40 Å². The minimum Gasteiger partial charge on any atom is -0.381 e. The number of benzene rings is 1. The number of fused-ring (bicyclic) bond motifs is 1. The van der Waals surface area contributed by atoms with Crippen LogP contribution in [0.15, 0.2) is 53.7 Å². The average molecular weight is 423 g/mol. The summed E-state index contributed by atoms with van der Waals surface area (Å²) >= 11 is 0. The van der Waals surface area contributed by atoms with Crippen molar-refractivity contribution in [3.8, 4) is 0 Å². The number of hydrogen-bond acceptors (Lipinski definition) is 5. The van der Waals surface area contributed by atoms with Gasteiger partial charge in [0.1, 0.15) is 0 Å². The summed E-state index contributed by atoms with van der Waals surface area (Å²) in [5.74, 6) is 1.59. The van der Waals surface area contributed by atoms with E-state index in [-0.39, 0.29) is 0 Å². The molecule has 1 aliphatic rings. The first kappa shape index (κ1) is 21.3. The largest absolute Gasteiger partial charge is 0.381 e. The normalized spacial score (nSPS) is 15.3. The van der Waals surface area contributed by atoms with Crippen molar-refractivity contribution in [3.05, 3.63) is 65.6 Å². The quantitative estimate of drug-likeness (QED) is 0.429. The maximum Gasteiger partial charge on any atom is 0.191 e. The lowest BCUT2D eigenvalue weighted by Gasteiger charge is -2.22. The molecule has 0 amide bonds. The van der Waals surface area contributed by atoms with Crippen molar-refractivity contribution in [3.63, 3.8) is 0 Å². The van der Waals surface area contributed by atoms with Gasteiger partial charge in [0.05, 0.1) is 25.8 Å². The summed E-state index contributed by atoms with van der Waals surface area (Å²) in [5.41, 5.74) is 3.17. The lowest BCUT2D eigenvalue weighted by atomic mass is 10.1. The van der Waals surface area contributed by atoms with Crippen LogP contribution in [0.4, 0.5) is 0 Å². The summed E-state index contributed by atoms with van der Waals surface area (Å²) in [6.45, 7) is 6.22. The number of nitrogens with one attached hydrogen (secondary N) is 2. The number of guanidine groups is 1. The fourth-order valence-electron chi connectivity index (χ4n) is 3.48. The van der Waals surface area contributed by atoms with E-state index in [9.17, 15) is 0 Å². The third-order valence-electron chi connectivity index (χ3n) is 5.24. The highest BCUT2D eigenvalue weighted by Crippen LogP contribution is 2.14. The molecule has 1 aromatic carbocycles. The van der Waals surface area contributed by atoms with E-state index in [4.69, 9.17) is 14.5 Å². The molecule has 0 radical (unpaired) electrons. The summed E-state index contributed by atoms with van der Waals surface area (Å²) in [6.07, 6.45) is 4.24. The summed E-state index contributed by atoms with van der Waals surface area (Å²) in [7, 11) is 0. The van der Waals surface area contributed by atoms with Crippen LogP contribution in [-0.2, 0) is 29.2 Å². The highest BCUT2D eigenvalue weighted by atomic mass is 16.5. The number of nitrogens with zero attached hydrogens (tertiary/aromatic N) is 4. The summed E-state index contributed by atoms with van der Waals surface area (Å²) in [5, 5.41) is 15.1. The van der Waals surface area contributed by atoms with Gasteiger partial charge in [0, 0.05) is 26.0 Å². The number of pyridine rings is 1. The Morgan fingerprint density at radius 2 is 1.90 bits per heavy atom. The molecule has 2 aromatic heterocycles. The number of hydrogen-bond donors (Lipinski definition) is 2. The Balaban J connectivity index is 1.30. The van der Waals surface area contributed by atoms with E-state index < -0.39 is 0 Å². The second-order valence-electron chi connectivity index (χ2n) is 7.53. The molecule has 1 fully saturated rings. The van der Waals surface area contributed by atoms with Crippen LogP contribution in [0, 0.1) is 0 Å². The zero-order valence-electron chi connectivity index (χ0n) is 18.0. The van der Waals surface area contributed by atoms with Gasteiger partial charge in [-0.25, -0.2) is 4.99 Å². The van der Waals surface area contributed by atoms with Crippen molar-refractivity contribution in [1.82, 2.24) is 25.2 Å². The predicted octanol–water partition coefficient (Wildman–Crippen LogP) is 2.68. The Bertz CT molecular complexity index is 979. The van der Waals surface area contributed by atoms with E-state index in [2.05, 4.69) is 52.0 Å². The van der Waals surface area contributed by atoms with E-state index in [0.717, 1.165) is 55.6 Å². The molecule has 0 atom stereocenters. The van der Waals surface area contributed by atoms with E-state index >= 15 is 0 Å². The molecule has 4 rings (SSSR count). The van der Waals surface area contributed by atoms with Crippen LogP contribution in [0.3, 0.4) is 0 Å². The minimum atomic E-state index is 0.314. The first-order valence-corrected chi connectivity index (χ1v) is 10.9. The topological polar surface area (TPSA) is 85.1 Å². The minimum absolute atomic E-state index is 0.314. The second kappa shape index (κ2) is 10.9. The van der Waals surface area contributed by atoms with Crippen LogP contribution in [0.25, 0.3) is 5.65 Å². The molecule has 0 saturated carbocycles. The lowest BCUT2D eigenvalue weighted by Crippen LogP contribution is -2.37. The van der Waals surface area contributed by atoms with Gasteiger partial charge in [0.25, 0.3) is 0 Å². The van der Waals surface area contributed by atoms with Gasteiger partial charge in [-0.05, 0) is 43.0 Å². The van der Waals surface area contributed by atoms with Crippen molar-refractivity contribution in [2.75, 3.05) is 19.8 Å². The Morgan fingerprint density at radius 3 is 2.71 bits per heavy atom. The maximum absolute atomic E-state index is 6.00. The molecule has 1 saturated heterocycles. The molecular formula is C23H30N6O2. The Morgan fingerprint density at radius 1 is 1.10 bits per heavy atom. The van der Waals surface area contributed by atoms with Crippen molar-refractivity contribution < 1.29 is 9.47 Å². The SMILES string of the molecule is CCNC(=NCc1ccc(COC2CCOCC2)cc1)NCc1nnc2ccccn12. The van der Waals surface area contributed by atoms with Gasteiger partial charge >= 0.3 is 0 Å². The molecule has 3 heterocycles. The number of ether oxygens (including phenoxy) is 2. The van der Waals surface area contributed by atoms with Gasteiger partial charge < -0.3 is 20.1 Å². The van der Waals surface area contributed by atoms with Gasteiger partial charge in [0.2, 0.25) is 0 Å². The summed E-state index contributed by atoms with van der Waals surface area (Å²) in [6, 6.07) is 14.3. The third kappa shape index (κ3) is 6.02. The average Bonchev–Trinajstić information content (AvgIpc) is 3.24. The predicted molar refractivity (Wildman–Crippen MR) is 120 cm³/mol. The molecule has 31 heavy (non-hydrogen) atoms. The number of aromatic nitrogens is 3. The van der Waals surface area contributed by atoms with E-state index in [1.807, 2.05) is 28.8 Å². The van der Waals surface area contributed by atoms with Crippen molar-refractivity contribution in [2.24, 2.45) is 4.99 Å². The summed E-state index contributed by atoms with van der Waals surface area (Å²) < 4.78 is 13.3. The molecule has 2 N–H and O–H groups in total. The first-order valence-electron chi connectivity index (χ1n) is 10.9. The van der Waals surface area contributed by atoms with Crippen molar-refractivity contribution in [1.29, 1.82) is 0 Å². The third-order valence-corrected chi connectivity index (χ3v) is 5.24. The van der Waals surface area contributed by atoms with E-state index in [0.29, 0.717) is 25.8 Å². The smallest absolute Gasteiger partial charge is 0.191 e. The molecular weight excluding hydrogens is 392 g/mol. The molecule has 3 aromatic rings. The van der Waals surface area contributed by atoms with E-state index in [1.165, 1.54) is 5.56 Å². The molecule has 8 heteroatoms. The zero-order valence-corrected chi connectivity index (χ0v) is 18.0. The maximum atomic E-state index is 6.00. The lowest BCUT2D eigenvalue weighted by molar-refractivity contribution is -0.0390. The van der Waals surface area contributed by atoms with Crippen molar-refractivity contribution in [2.45, 2.75) is 45.6 Å². The molecule has 8 nitrogen and oxygen atoms in total. The van der Waals surface area contributed by atoms with Crippen LogP contribution in [-0.4, -0.2) is 46.4 Å². The highest BCUT2D eigenvalue weighted by Gasteiger charge is 2.14. The highest BCUT2D eigenvalue weighted by molar-refractivity contribution is 5.79. The standard InChI is InChI=1S/C23H30N6O2/c1-2-24-23(26-16-22-28-27-21-5-3-4-12-29(21)22)25-15-18-6-8-19(9-7-18)17-31-20-10-13-30-14-11-20/h3-9,12,20H,2,10-11,13-17H2,1H3,(H2,24,25,26). The molecule has 0 spiro atoms. The Kier molecular flexibility index (Phi) is 7.46. The van der Waals surface area contributed by atoms with E-state index in [1.54, 1.807) is 0 Å². The van der Waals surface area contributed by atoms with Crippen LogP contribution >= 0.6 is 0 Å². The molecule has 0 aliphatic carbocycles. The molecule has 0 unspecified atom stereocenters. The van der Waals surface area contributed by atoms with Crippen LogP contribution in [0.1, 0.15) is 36.7 Å². The fraction of sp³-hybridized carbons (Fsp3) is 0.435. The van der Waals surface area contributed by atoms with Crippen molar-refractivity contribution >= 4 is 11.6 Å².